The van der Waals surface area contributed by atoms with E-state index in [1.54, 1.807) is 0 Å². The Hall–Kier alpha value is -2.67. The average Bonchev–Trinajstić information content (AvgIpc) is 2.67. The van der Waals surface area contributed by atoms with Gasteiger partial charge in [-0.25, -0.2) is 13.6 Å². The number of hydrogen-bond donors (Lipinski definition) is 2. The number of piperidine rings is 1. The van der Waals surface area contributed by atoms with Gasteiger partial charge in [-0.1, -0.05) is 18.2 Å². The predicted octanol–water partition coefficient (Wildman–Crippen LogP) is 4.07. The Balaban J connectivity index is 1.53. The number of likely N-dealkylation sites (tertiary alicyclic amines) is 1. The van der Waals surface area contributed by atoms with Gasteiger partial charge in [0, 0.05) is 31.1 Å². The van der Waals surface area contributed by atoms with E-state index in [0.717, 1.165) is 49.4 Å². The highest BCUT2D eigenvalue weighted by molar-refractivity contribution is 5.89. The lowest BCUT2D eigenvalue weighted by atomic mass is 9.80. The second-order valence-electron chi connectivity index (χ2n) is 7.61. The summed E-state index contributed by atoms with van der Waals surface area (Å²) in [5.41, 5.74) is 0.523. The van der Waals surface area contributed by atoms with Gasteiger partial charge in [-0.2, -0.15) is 0 Å². The van der Waals surface area contributed by atoms with Gasteiger partial charge in [-0.05, 0) is 38.1 Å². The molecule has 0 radical (unpaired) electrons. The summed E-state index contributed by atoms with van der Waals surface area (Å²) >= 11 is 0. The number of hydrogen-bond acceptors (Lipinski definition) is 3. The third-order valence-electron chi connectivity index (χ3n) is 5.58. The summed E-state index contributed by atoms with van der Waals surface area (Å²) in [7, 11) is 2.09. The molecule has 5 nitrogen and oxygen atoms in total. The van der Waals surface area contributed by atoms with Gasteiger partial charge in [0.15, 0.2) is 0 Å². The summed E-state index contributed by atoms with van der Waals surface area (Å²) in [6, 6.07) is 9.94. The van der Waals surface area contributed by atoms with Crippen LogP contribution in [0, 0.1) is 11.6 Å². The van der Waals surface area contributed by atoms with Crippen LogP contribution in [0.15, 0.2) is 42.5 Å². The molecular formula is C21H23F2N3O2. The number of nitrogens with zero attached hydrogens (tertiary/aromatic N) is 1. The van der Waals surface area contributed by atoms with Crippen LogP contribution < -0.4 is 15.4 Å². The van der Waals surface area contributed by atoms with Gasteiger partial charge >= 0.3 is 6.03 Å². The SMILES string of the molecule is CN1CCC2(CC1)C[C@@H](NC(=O)Nc1ccc(F)cc1F)c1ccccc1O2. The first-order valence-electron chi connectivity index (χ1n) is 9.43. The molecule has 2 aliphatic heterocycles. The maximum atomic E-state index is 13.8. The van der Waals surface area contributed by atoms with E-state index in [0.29, 0.717) is 6.42 Å². The molecule has 2 aromatic rings. The highest BCUT2D eigenvalue weighted by Gasteiger charge is 2.43. The summed E-state index contributed by atoms with van der Waals surface area (Å²) in [4.78, 5) is 14.8. The van der Waals surface area contributed by atoms with Crippen LogP contribution in [0.3, 0.4) is 0 Å². The summed E-state index contributed by atoms with van der Waals surface area (Å²) in [5.74, 6) is -0.725. The highest BCUT2D eigenvalue weighted by atomic mass is 19.1. The second-order valence-corrected chi connectivity index (χ2v) is 7.61. The largest absolute Gasteiger partial charge is 0.487 e. The maximum absolute atomic E-state index is 13.8. The fraction of sp³-hybridized carbons (Fsp3) is 0.381. The number of anilines is 1. The van der Waals surface area contributed by atoms with Crippen LogP contribution in [0.1, 0.15) is 30.9 Å². The van der Waals surface area contributed by atoms with Crippen LogP contribution in [0.25, 0.3) is 0 Å². The molecule has 4 rings (SSSR count). The molecule has 0 bridgehead atoms. The van der Waals surface area contributed by atoms with Crippen LogP contribution in [-0.4, -0.2) is 36.7 Å². The van der Waals surface area contributed by atoms with Gasteiger partial charge in [-0.15, -0.1) is 0 Å². The van der Waals surface area contributed by atoms with Gasteiger partial charge in [0.2, 0.25) is 0 Å². The Kier molecular flexibility index (Phi) is 4.93. The molecule has 0 aliphatic carbocycles. The van der Waals surface area contributed by atoms with Crippen molar-refractivity contribution in [2.45, 2.75) is 30.9 Å². The minimum Gasteiger partial charge on any atom is -0.487 e. The molecule has 0 unspecified atom stereocenters. The smallest absolute Gasteiger partial charge is 0.319 e. The molecule has 1 fully saturated rings. The summed E-state index contributed by atoms with van der Waals surface area (Å²) in [6.07, 6.45) is 2.41. The Bertz CT molecular complexity index is 882. The van der Waals surface area contributed by atoms with Crippen LogP contribution >= 0.6 is 0 Å². The van der Waals surface area contributed by atoms with Crippen molar-refractivity contribution in [3.05, 3.63) is 59.7 Å². The topological polar surface area (TPSA) is 53.6 Å². The number of benzene rings is 2. The van der Waals surface area contributed by atoms with E-state index < -0.39 is 17.7 Å². The maximum Gasteiger partial charge on any atom is 0.319 e. The monoisotopic (exact) mass is 387 g/mol. The zero-order valence-electron chi connectivity index (χ0n) is 15.7. The number of urea groups is 1. The summed E-state index contributed by atoms with van der Waals surface area (Å²) < 4.78 is 33.3. The molecule has 2 N–H and O–H groups in total. The van der Waals surface area contributed by atoms with E-state index in [2.05, 4.69) is 22.6 Å². The Morgan fingerprint density at radius 1 is 1.18 bits per heavy atom. The molecule has 2 aliphatic rings. The Morgan fingerprint density at radius 2 is 1.93 bits per heavy atom. The van der Waals surface area contributed by atoms with E-state index in [1.807, 2.05) is 24.3 Å². The normalized spacial score (nSPS) is 20.9. The van der Waals surface area contributed by atoms with Gasteiger partial charge in [0.1, 0.15) is 23.0 Å². The molecule has 2 aromatic carbocycles. The zero-order valence-corrected chi connectivity index (χ0v) is 15.7. The van der Waals surface area contributed by atoms with Crippen molar-refractivity contribution in [1.82, 2.24) is 10.2 Å². The zero-order chi connectivity index (χ0) is 19.7. The molecular weight excluding hydrogens is 364 g/mol. The Labute approximate surface area is 162 Å². The number of rotatable bonds is 2. The van der Waals surface area contributed by atoms with Crippen LogP contribution in [-0.2, 0) is 0 Å². The molecule has 148 valence electrons. The molecule has 0 saturated carbocycles. The first-order valence-corrected chi connectivity index (χ1v) is 9.43. The highest BCUT2D eigenvalue weighted by Crippen LogP contribution is 2.44. The number of para-hydroxylation sites is 1. The molecule has 1 saturated heterocycles. The van der Waals surface area contributed by atoms with E-state index in [4.69, 9.17) is 4.74 Å². The number of carbonyl (C=O) groups is 1. The van der Waals surface area contributed by atoms with Crippen molar-refractivity contribution in [3.63, 3.8) is 0 Å². The van der Waals surface area contributed by atoms with Crippen molar-refractivity contribution < 1.29 is 18.3 Å². The van der Waals surface area contributed by atoms with E-state index in [1.165, 1.54) is 6.07 Å². The van der Waals surface area contributed by atoms with Gasteiger partial charge < -0.3 is 20.3 Å². The van der Waals surface area contributed by atoms with Gasteiger partial charge in [0.05, 0.1) is 11.7 Å². The number of amides is 2. The quantitative estimate of drug-likeness (QED) is 0.817. The number of ether oxygens (including phenoxy) is 1. The van der Waals surface area contributed by atoms with Crippen molar-refractivity contribution in [2.24, 2.45) is 0 Å². The standard InChI is InChI=1S/C21H23F2N3O2/c1-26-10-8-21(9-11-26)13-18(15-4-2-3-5-19(15)28-21)25-20(27)24-17-7-6-14(22)12-16(17)23/h2-7,12,18H,8-11,13H2,1H3,(H2,24,25,27)/t18-/m1/s1. The average molecular weight is 387 g/mol. The molecule has 7 heteroatoms. The fourth-order valence-corrected chi connectivity index (χ4v) is 3.99. The molecule has 2 heterocycles. The minimum atomic E-state index is -0.811. The molecule has 1 atom stereocenters. The van der Waals surface area contributed by atoms with Crippen molar-refractivity contribution >= 4 is 11.7 Å². The number of nitrogens with one attached hydrogen (secondary N) is 2. The third-order valence-corrected chi connectivity index (χ3v) is 5.58. The van der Waals surface area contributed by atoms with E-state index in [9.17, 15) is 13.6 Å². The first-order chi connectivity index (χ1) is 13.4. The summed E-state index contributed by atoms with van der Waals surface area (Å²) in [6.45, 7) is 1.86. The number of halogens is 2. The summed E-state index contributed by atoms with van der Waals surface area (Å²) in [5, 5.41) is 5.42. The number of carbonyl (C=O) groups excluding carboxylic acids is 1. The third kappa shape index (κ3) is 3.80. The van der Waals surface area contributed by atoms with E-state index >= 15 is 0 Å². The van der Waals surface area contributed by atoms with Crippen molar-refractivity contribution in [2.75, 3.05) is 25.5 Å². The second kappa shape index (κ2) is 7.39. The first kappa shape index (κ1) is 18.7. The molecule has 2 amide bonds. The Morgan fingerprint density at radius 3 is 2.68 bits per heavy atom. The van der Waals surface area contributed by atoms with Crippen LogP contribution in [0.5, 0.6) is 5.75 Å². The predicted molar refractivity (Wildman–Crippen MR) is 102 cm³/mol. The lowest BCUT2D eigenvalue weighted by Gasteiger charge is -2.46. The molecule has 0 aromatic heterocycles. The van der Waals surface area contributed by atoms with Gasteiger partial charge in [0.25, 0.3) is 0 Å². The van der Waals surface area contributed by atoms with Gasteiger partial charge in [-0.3, -0.25) is 0 Å². The lowest BCUT2D eigenvalue weighted by Crippen LogP contribution is -2.51. The lowest BCUT2D eigenvalue weighted by molar-refractivity contribution is -0.0188. The van der Waals surface area contributed by atoms with Crippen LogP contribution in [0.4, 0.5) is 19.3 Å². The minimum absolute atomic E-state index is 0.0618. The van der Waals surface area contributed by atoms with Crippen LogP contribution in [0.2, 0.25) is 0 Å². The fourth-order valence-electron chi connectivity index (χ4n) is 3.99. The van der Waals surface area contributed by atoms with E-state index in [-0.39, 0.29) is 17.3 Å². The van der Waals surface area contributed by atoms with Crippen molar-refractivity contribution in [1.29, 1.82) is 0 Å². The molecule has 1 spiro atoms. The van der Waals surface area contributed by atoms with Crippen molar-refractivity contribution in [3.8, 4) is 5.75 Å². The number of fused-ring (bicyclic) bond motifs is 1. The molecule has 28 heavy (non-hydrogen) atoms.